The summed E-state index contributed by atoms with van der Waals surface area (Å²) in [6.07, 6.45) is 0. The topological polar surface area (TPSA) is 290 Å². The lowest BCUT2D eigenvalue weighted by atomic mass is 10.0. The van der Waals surface area contributed by atoms with Crippen LogP contribution in [0, 0.1) is 69.7 Å². The Hall–Kier alpha value is -13.9. The predicted octanol–water partition coefficient (Wildman–Crippen LogP) is 14.0. The number of halogens is 7. The molecule has 125 heavy (non-hydrogen) atoms. The Balaban J connectivity index is 0.000000136. The van der Waals surface area contributed by atoms with Crippen molar-refractivity contribution < 1.29 is 36.8 Å². The zero-order valence-electron chi connectivity index (χ0n) is 67.9. The van der Waals surface area contributed by atoms with Crippen molar-refractivity contribution in [1.29, 1.82) is 21.0 Å². The van der Waals surface area contributed by atoms with E-state index in [0.29, 0.717) is 175 Å². The molecule has 0 spiro atoms. The number of anilines is 4. The first-order valence-corrected chi connectivity index (χ1v) is 41.6. The van der Waals surface area contributed by atoms with Gasteiger partial charge in [-0.3, -0.25) is 38.4 Å². The van der Waals surface area contributed by atoms with Crippen LogP contribution in [0.25, 0.3) is 43.6 Å². The van der Waals surface area contributed by atoms with Crippen LogP contribution in [-0.4, -0.2) is 166 Å². The molecule has 4 amide bonds. The molecule has 25 nitrogen and oxygen atoms in total. The minimum atomic E-state index is -0.448. The van der Waals surface area contributed by atoms with Crippen molar-refractivity contribution in [3.8, 4) is 24.3 Å². The fourth-order valence-electron chi connectivity index (χ4n) is 16.1. The normalized spacial score (nSPS) is 14.0. The molecule has 4 fully saturated rings. The molecule has 4 saturated heterocycles. The van der Waals surface area contributed by atoms with Crippen LogP contribution in [0.5, 0.6) is 0 Å². The number of nitriles is 4. The number of fused-ring (bicyclic) bond motifs is 4. The number of carbonyl (C=O) groups excluding carboxylic acids is 4. The predicted molar refractivity (Wildman–Crippen MR) is 478 cm³/mol. The zero-order valence-corrected chi connectivity index (χ0v) is 71.7. The molecule has 0 saturated carbocycles. The van der Waals surface area contributed by atoms with E-state index in [1.165, 1.54) is 78.9 Å². The lowest BCUT2D eigenvalue weighted by Crippen LogP contribution is -2.49. The highest BCUT2D eigenvalue weighted by Gasteiger charge is 2.33. The van der Waals surface area contributed by atoms with Gasteiger partial charge in [0.1, 0.15) is 64.0 Å². The highest BCUT2D eigenvalue weighted by Crippen LogP contribution is 2.37. The summed E-state index contributed by atoms with van der Waals surface area (Å²) in [6.45, 7) is 9.51. The second-order valence-corrected chi connectivity index (χ2v) is 32.1. The molecule has 13 aromatic rings. The van der Waals surface area contributed by atoms with Crippen LogP contribution in [0.2, 0.25) is 15.1 Å². The maximum Gasteiger partial charge on any atom is 0.289 e. The summed E-state index contributed by atoms with van der Waals surface area (Å²) in [7, 11) is 5.01. The molecular formula is C93H77BrCl3F3N16O9. The smallest absolute Gasteiger partial charge is 0.289 e. The van der Waals surface area contributed by atoms with Gasteiger partial charge in [-0.05, 0) is 162 Å². The number of para-hydroxylation sites is 2. The number of rotatable bonds is 10. The van der Waals surface area contributed by atoms with E-state index >= 15 is 0 Å². The van der Waals surface area contributed by atoms with Gasteiger partial charge in [-0.15, -0.1) is 0 Å². The number of nitrogens with zero attached hydrogens (tertiary/aromatic N) is 16. The van der Waals surface area contributed by atoms with E-state index in [2.05, 4.69) is 40.2 Å². The molecule has 9 heterocycles. The van der Waals surface area contributed by atoms with Gasteiger partial charge in [-0.25, -0.2) is 13.2 Å². The number of aryl methyl sites for hydroxylation is 4. The Morgan fingerprint density at radius 3 is 1.13 bits per heavy atom. The Morgan fingerprint density at radius 2 is 0.728 bits per heavy atom. The number of carbonyl (C=O) groups is 4. The molecule has 0 N–H and O–H groups in total. The standard InChI is InChI=1S/C28H20Cl3FN4O2.C23H21FN4O2.C22H19FN4O2.C20H17BrN4O3/c29-19-4-8-25-21(14-19)26(22(15-33)28(38)36(25)16-17-1-5-20(32)6-2-17)34-9-11-35(12-10-34)27(37)18-3-7-23(30)24(31)13-18;1-15-3-8-20-18(13-15)21(19(14-25)23(30)26(20)2)27-9-11-28(12-10-27)22(29)16-4-6-17(24)7-5-16;1-25-19-5-3-2-4-17(19)20(18(14-24)22(25)29)26-10-12-27(13-11-26)21(28)15-6-8-16(23)9-7-15;1-23-15-5-3-2-4-13(15)18(14(12-22)19(23)26)24-8-10-25(11-9-24)20(27)16-6-7-17(21)28-16/h1-8,13-14H,9-12,16H2;3-8,13H,9-12H2,1-2H3;2-9H,10-13H2,1H3;2-7H,8-11H2,1H3. The second kappa shape index (κ2) is 37.8. The quantitative estimate of drug-likeness (QED) is 0.123. The highest BCUT2D eigenvalue weighted by molar-refractivity contribution is 9.10. The summed E-state index contributed by atoms with van der Waals surface area (Å²) in [5, 5.41) is 43.4. The third kappa shape index (κ3) is 18.2. The van der Waals surface area contributed by atoms with Crippen molar-refractivity contribution >= 4 is 141 Å². The summed E-state index contributed by atoms with van der Waals surface area (Å²) in [4.78, 5) is 117. The van der Waals surface area contributed by atoms with Gasteiger partial charge in [0.15, 0.2) is 10.4 Å². The van der Waals surface area contributed by atoms with Gasteiger partial charge in [-0.2, -0.15) is 21.0 Å². The first kappa shape index (κ1) is 87.4. The number of benzene rings is 8. The first-order valence-electron chi connectivity index (χ1n) is 39.7. The fraction of sp³-hybridized carbons (Fsp3) is 0.226. The Kier molecular flexibility index (Phi) is 26.4. The van der Waals surface area contributed by atoms with Gasteiger partial charge in [0, 0.05) is 169 Å². The third-order valence-electron chi connectivity index (χ3n) is 22.6. The first-order chi connectivity index (χ1) is 60.2. The fourth-order valence-corrected chi connectivity index (χ4v) is 16.9. The van der Waals surface area contributed by atoms with E-state index in [4.69, 9.17) is 39.2 Å². The molecule has 32 heteroatoms. The SMILES string of the molecule is Cc1ccc2c(c1)c(N1CCN(C(=O)c3ccc(F)cc3)CC1)c(C#N)c(=O)n2C.Cn1c(=O)c(C#N)c(N2CCN(C(=O)c3ccc(Br)o3)CC2)c2ccccc21.Cn1c(=O)c(C#N)c(N2CCN(C(=O)c3ccc(F)cc3)CC2)c2ccccc21.N#Cc1c(N2CCN(C(=O)c3ccc(Cl)c(Cl)c3)CC2)c2cc(Cl)ccc2n(Cc2ccc(F)cc2)c1=O. The monoisotopic (exact) mass is 1800 g/mol. The lowest BCUT2D eigenvalue weighted by molar-refractivity contribution is 0.0710. The van der Waals surface area contributed by atoms with Crippen LogP contribution >= 0.6 is 50.7 Å². The lowest BCUT2D eigenvalue weighted by Gasteiger charge is -2.37. The molecule has 0 aliphatic carbocycles. The minimum absolute atomic E-state index is 0.00821. The molecule has 0 atom stereocenters. The van der Waals surface area contributed by atoms with Crippen LogP contribution in [0.3, 0.4) is 0 Å². The van der Waals surface area contributed by atoms with E-state index in [9.17, 15) is 72.6 Å². The molecule has 0 unspecified atom stereocenters. The number of furan rings is 1. The van der Waals surface area contributed by atoms with Gasteiger partial charge >= 0.3 is 0 Å². The molecule has 4 aliphatic rings. The summed E-state index contributed by atoms with van der Waals surface area (Å²) in [5.74, 6) is -1.49. The van der Waals surface area contributed by atoms with E-state index < -0.39 is 5.56 Å². The summed E-state index contributed by atoms with van der Waals surface area (Å²) < 4.78 is 51.5. The van der Waals surface area contributed by atoms with E-state index in [-0.39, 0.29) is 92.3 Å². The Morgan fingerprint density at radius 1 is 0.376 bits per heavy atom. The maximum atomic E-state index is 13.6. The van der Waals surface area contributed by atoms with Gasteiger partial charge in [0.2, 0.25) is 0 Å². The number of pyridine rings is 4. The molecule has 17 rings (SSSR count). The molecule has 632 valence electrons. The van der Waals surface area contributed by atoms with Crippen LogP contribution < -0.4 is 41.8 Å². The minimum Gasteiger partial charge on any atom is -0.444 e. The number of aromatic nitrogens is 4. The molecule has 5 aromatic heterocycles. The molecule has 8 aromatic carbocycles. The molecule has 0 radical (unpaired) electrons. The van der Waals surface area contributed by atoms with Crippen LogP contribution in [0.15, 0.2) is 216 Å². The van der Waals surface area contributed by atoms with Crippen molar-refractivity contribution in [2.45, 2.75) is 13.5 Å². The average Bonchev–Trinajstić information content (AvgIpc) is 1.30. The maximum absolute atomic E-state index is 13.6. The molecule has 0 bridgehead atoms. The summed E-state index contributed by atoms with van der Waals surface area (Å²) >= 11 is 21.6. The van der Waals surface area contributed by atoms with Crippen molar-refractivity contribution in [2.24, 2.45) is 21.1 Å². The van der Waals surface area contributed by atoms with Crippen LogP contribution in [0.1, 0.15) is 75.0 Å². The van der Waals surface area contributed by atoms with E-state index in [1.807, 2.05) is 93.3 Å². The van der Waals surface area contributed by atoms with Crippen molar-refractivity contribution in [2.75, 3.05) is 124 Å². The van der Waals surface area contributed by atoms with Crippen LogP contribution in [0.4, 0.5) is 35.9 Å². The third-order valence-corrected chi connectivity index (χ3v) is 24.0. The summed E-state index contributed by atoms with van der Waals surface area (Å²) in [5.41, 5.74) is 7.33. The van der Waals surface area contributed by atoms with Gasteiger partial charge < -0.3 is 61.9 Å². The highest BCUT2D eigenvalue weighted by atomic mass is 79.9. The zero-order chi connectivity index (χ0) is 88.8. The Labute approximate surface area is 737 Å². The van der Waals surface area contributed by atoms with Crippen molar-refractivity contribution in [3.05, 3.63) is 322 Å². The van der Waals surface area contributed by atoms with E-state index in [1.54, 1.807) is 101 Å². The van der Waals surface area contributed by atoms with E-state index in [0.717, 1.165) is 43.8 Å². The number of hydrogen-bond donors (Lipinski definition) is 0. The van der Waals surface area contributed by atoms with Crippen molar-refractivity contribution in [3.63, 3.8) is 0 Å². The molecule has 4 aliphatic heterocycles. The largest absolute Gasteiger partial charge is 0.444 e. The molecular weight excluding hydrogens is 1730 g/mol. The Bertz CT molecular complexity index is 6890. The van der Waals surface area contributed by atoms with Gasteiger partial charge in [-0.1, -0.05) is 95.0 Å². The number of amides is 4. The number of piperazine rings is 4. The van der Waals surface area contributed by atoms with Crippen LogP contribution in [-0.2, 0) is 27.7 Å². The summed E-state index contributed by atoms with van der Waals surface area (Å²) in [6, 6.07) is 59.4. The van der Waals surface area contributed by atoms with Gasteiger partial charge in [0.25, 0.3) is 45.9 Å². The van der Waals surface area contributed by atoms with Crippen molar-refractivity contribution in [1.82, 2.24) is 37.9 Å². The second-order valence-electron chi connectivity index (χ2n) is 30.0. The van der Waals surface area contributed by atoms with Gasteiger partial charge in [0.05, 0.1) is 61.4 Å². The average molecular weight is 1810 g/mol. The number of hydrogen-bond acceptors (Lipinski definition) is 17.